The number of aromatic nitrogens is 4. The highest BCUT2D eigenvalue weighted by molar-refractivity contribution is 7.99. The van der Waals surface area contributed by atoms with E-state index in [1.807, 2.05) is 7.05 Å². The van der Waals surface area contributed by atoms with Crippen LogP contribution in [0.5, 0.6) is 17.2 Å². The van der Waals surface area contributed by atoms with Gasteiger partial charge in [0.15, 0.2) is 27.6 Å². The summed E-state index contributed by atoms with van der Waals surface area (Å²) in [6.07, 6.45) is 1.55. The van der Waals surface area contributed by atoms with E-state index in [-0.39, 0.29) is 16.8 Å². The number of anilines is 1. The second-order valence-corrected chi connectivity index (χ2v) is 7.26. The van der Waals surface area contributed by atoms with Gasteiger partial charge in [-0.3, -0.25) is 4.79 Å². The lowest BCUT2D eigenvalue weighted by molar-refractivity contribution is -0.113. The highest BCUT2D eigenvalue weighted by atomic mass is 35.5. The molecule has 0 aliphatic carbocycles. The zero-order chi connectivity index (χ0) is 21.7. The maximum absolute atomic E-state index is 12.2. The number of halogens is 1. The van der Waals surface area contributed by atoms with Crippen LogP contribution < -0.4 is 19.5 Å². The lowest BCUT2D eigenvalue weighted by atomic mass is 10.1. The van der Waals surface area contributed by atoms with Crippen molar-refractivity contribution in [3.63, 3.8) is 0 Å². The Morgan fingerprint density at radius 2 is 1.87 bits per heavy atom. The normalized spacial score (nSPS) is 10.6. The molecule has 0 aliphatic heterocycles. The first kappa shape index (κ1) is 21.7. The highest BCUT2D eigenvalue weighted by Crippen LogP contribution is 2.41. The van der Waals surface area contributed by atoms with Crippen molar-refractivity contribution >= 4 is 35.0 Å². The van der Waals surface area contributed by atoms with E-state index in [0.717, 1.165) is 5.56 Å². The lowest BCUT2D eigenvalue weighted by Gasteiger charge is -2.14. The van der Waals surface area contributed by atoms with E-state index >= 15 is 0 Å². The molecular formula is C19H20ClN5O4S. The predicted octanol–water partition coefficient (Wildman–Crippen LogP) is 3.29. The molecule has 1 aromatic carbocycles. The lowest BCUT2D eigenvalue weighted by Crippen LogP contribution is -2.15. The third-order valence-electron chi connectivity index (χ3n) is 4.12. The Hall–Kier alpha value is -2.98. The first-order valence-corrected chi connectivity index (χ1v) is 10.1. The monoisotopic (exact) mass is 449 g/mol. The summed E-state index contributed by atoms with van der Waals surface area (Å²) in [5.41, 5.74) is 1.19. The summed E-state index contributed by atoms with van der Waals surface area (Å²) in [5.74, 6) is 2.01. The van der Waals surface area contributed by atoms with Crippen molar-refractivity contribution in [3.05, 3.63) is 35.6 Å². The fourth-order valence-corrected chi connectivity index (χ4v) is 3.58. The van der Waals surface area contributed by atoms with E-state index in [9.17, 15) is 4.79 Å². The van der Waals surface area contributed by atoms with E-state index in [2.05, 4.69) is 20.5 Å². The minimum absolute atomic E-state index is 0.131. The van der Waals surface area contributed by atoms with Gasteiger partial charge in [-0.15, -0.1) is 10.2 Å². The zero-order valence-electron chi connectivity index (χ0n) is 16.8. The molecule has 0 bridgehead atoms. The van der Waals surface area contributed by atoms with Gasteiger partial charge < -0.3 is 24.1 Å². The van der Waals surface area contributed by atoms with Crippen molar-refractivity contribution in [2.75, 3.05) is 32.4 Å². The Kier molecular flexibility index (Phi) is 7.01. The number of hydrogen-bond donors (Lipinski definition) is 1. The van der Waals surface area contributed by atoms with Gasteiger partial charge in [0.25, 0.3) is 0 Å². The van der Waals surface area contributed by atoms with Crippen LogP contribution in [0.1, 0.15) is 0 Å². The predicted molar refractivity (Wildman–Crippen MR) is 115 cm³/mol. The quantitative estimate of drug-likeness (QED) is 0.413. The topological polar surface area (TPSA) is 100 Å². The smallest absolute Gasteiger partial charge is 0.234 e. The van der Waals surface area contributed by atoms with Crippen molar-refractivity contribution < 1.29 is 19.0 Å². The van der Waals surface area contributed by atoms with Crippen molar-refractivity contribution in [3.8, 4) is 28.6 Å². The van der Waals surface area contributed by atoms with Crippen molar-refractivity contribution in [1.29, 1.82) is 0 Å². The molecule has 158 valence electrons. The van der Waals surface area contributed by atoms with E-state index in [4.69, 9.17) is 25.8 Å². The number of ether oxygens (including phenoxy) is 3. The van der Waals surface area contributed by atoms with E-state index in [1.54, 1.807) is 56.4 Å². The van der Waals surface area contributed by atoms with Crippen LogP contribution in [-0.2, 0) is 11.8 Å². The van der Waals surface area contributed by atoms with Gasteiger partial charge in [-0.25, -0.2) is 4.98 Å². The molecule has 9 nitrogen and oxygen atoms in total. The summed E-state index contributed by atoms with van der Waals surface area (Å²) in [6, 6.07) is 6.96. The molecule has 30 heavy (non-hydrogen) atoms. The molecule has 0 fully saturated rings. The van der Waals surface area contributed by atoms with Crippen LogP contribution in [0.4, 0.5) is 5.69 Å². The van der Waals surface area contributed by atoms with Gasteiger partial charge in [0.1, 0.15) is 0 Å². The average Bonchev–Trinajstić information content (AvgIpc) is 3.13. The third kappa shape index (κ3) is 4.60. The Bertz CT molecular complexity index is 1030. The Morgan fingerprint density at radius 3 is 2.47 bits per heavy atom. The molecule has 11 heteroatoms. The molecule has 0 aliphatic rings. The number of nitrogens with one attached hydrogen (secondary N) is 1. The van der Waals surface area contributed by atoms with Gasteiger partial charge in [0, 0.05) is 18.8 Å². The number of benzene rings is 1. The number of pyridine rings is 1. The van der Waals surface area contributed by atoms with Gasteiger partial charge in [0.2, 0.25) is 11.7 Å². The number of hydrogen-bond acceptors (Lipinski definition) is 8. The largest absolute Gasteiger partial charge is 0.493 e. The van der Waals surface area contributed by atoms with Crippen molar-refractivity contribution in [2.24, 2.45) is 7.05 Å². The summed E-state index contributed by atoms with van der Waals surface area (Å²) in [4.78, 5) is 16.2. The summed E-state index contributed by atoms with van der Waals surface area (Å²) in [6.45, 7) is 0. The fourth-order valence-electron chi connectivity index (χ4n) is 2.70. The second-order valence-electron chi connectivity index (χ2n) is 5.96. The molecular weight excluding hydrogens is 430 g/mol. The van der Waals surface area contributed by atoms with Crippen LogP contribution in [-0.4, -0.2) is 52.7 Å². The van der Waals surface area contributed by atoms with Crippen LogP contribution in [0.25, 0.3) is 11.4 Å². The number of rotatable bonds is 8. The Balaban J connectivity index is 1.76. The summed E-state index contributed by atoms with van der Waals surface area (Å²) in [7, 11) is 6.45. The van der Waals surface area contributed by atoms with Crippen LogP contribution in [0.3, 0.4) is 0 Å². The maximum Gasteiger partial charge on any atom is 0.234 e. The molecule has 0 radical (unpaired) electrons. The van der Waals surface area contributed by atoms with Gasteiger partial charge in [0.05, 0.1) is 32.8 Å². The second kappa shape index (κ2) is 9.68. The number of thioether (sulfide) groups is 1. The molecule has 2 aromatic heterocycles. The molecule has 2 heterocycles. The number of methoxy groups -OCH3 is 3. The Morgan fingerprint density at radius 1 is 1.17 bits per heavy atom. The number of carbonyl (C=O) groups is 1. The maximum atomic E-state index is 12.2. The van der Waals surface area contributed by atoms with Crippen molar-refractivity contribution in [1.82, 2.24) is 19.7 Å². The first-order valence-electron chi connectivity index (χ1n) is 8.71. The minimum Gasteiger partial charge on any atom is -0.493 e. The van der Waals surface area contributed by atoms with Gasteiger partial charge >= 0.3 is 0 Å². The SMILES string of the molecule is COc1cc(-c2nnc(SCC(=O)Nc3cccnc3Cl)n2C)cc(OC)c1OC. The number of carbonyl (C=O) groups excluding carboxylic acids is 1. The summed E-state index contributed by atoms with van der Waals surface area (Å²) >= 11 is 7.21. The van der Waals surface area contributed by atoms with Crippen LogP contribution in [0, 0.1) is 0 Å². The number of amides is 1. The van der Waals surface area contributed by atoms with Gasteiger partial charge in [-0.05, 0) is 24.3 Å². The Labute approximate surface area is 182 Å². The van der Waals surface area contributed by atoms with Crippen molar-refractivity contribution in [2.45, 2.75) is 5.16 Å². The molecule has 0 saturated carbocycles. The number of nitrogens with zero attached hydrogens (tertiary/aromatic N) is 4. The van der Waals surface area contributed by atoms with Crippen LogP contribution in [0.15, 0.2) is 35.6 Å². The van der Waals surface area contributed by atoms with Gasteiger partial charge in [-0.2, -0.15) is 0 Å². The molecule has 0 unspecified atom stereocenters. The fraction of sp³-hybridized carbons (Fsp3) is 0.263. The molecule has 0 atom stereocenters. The average molecular weight is 450 g/mol. The molecule has 3 aromatic rings. The summed E-state index contributed by atoms with van der Waals surface area (Å²) < 4.78 is 17.9. The molecule has 0 spiro atoms. The highest BCUT2D eigenvalue weighted by Gasteiger charge is 2.19. The van der Waals surface area contributed by atoms with E-state index < -0.39 is 0 Å². The van der Waals surface area contributed by atoms with Crippen LogP contribution >= 0.6 is 23.4 Å². The molecule has 3 rings (SSSR count). The molecule has 1 amide bonds. The minimum atomic E-state index is -0.229. The van der Waals surface area contributed by atoms with E-state index in [1.165, 1.54) is 11.8 Å². The van der Waals surface area contributed by atoms with E-state index in [0.29, 0.717) is 33.9 Å². The standard InChI is InChI=1S/C19H20ClN5O4S/c1-25-18(11-8-13(27-2)16(29-4)14(9-11)28-3)23-24-19(25)30-10-15(26)22-12-6-5-7-21-17(12)20/h5-9H,10H2,1-4H3,(H,22,26). The zero-order valence-corrected chi connectivity index (χ0v) is 18.4. The summed E-state index contributed by atoms with van der Waals surface area (Å²) in [5, 5.41) is 12.0. The third-order valence-corrected chi connectivity index (χ3v) is 5.44. The molecule has 1 N–H and O–H groups in total. The first-order chi connectivity index (χ1) is 14.5. The van der Waals surface area contributed by atoms with Crippen LogP contribution in [0.2, 0.25) is 5.15 Å². The molecule has 0 saturated heterocycles. The van der Waals surface area contributed by atoms with Gasteiger partial charge in [-0.1, -0.05) is 23.4 Å².